The van der Waals surface area contributed by atoms with Crippen LogP contribution in [-0.4, -0.2) is 36.2 Å². The Morgan fingerprint density at radius 2 is 2.28 bits per heavy atom. The molecule has 3 rings (SSSR count). The number of nitrogens with zero attached hydrogens (tertiary/aromatic N) is 2. The molecule has 2 heterocycles. The van der Waals surface area contributed by atoms with Crippen LogP contribution in [0.25, 0.3) is 0 Å². The van der Waals surface area contributed by atoms with Crippen molar-refractivity contribution in [3.05, 3.63) is 11.7 Å². The maximum atomic E-state index is 11.8. The van der Waals surface area contributed by atoms with E-state index < -0.39 is 11.5 Å². The fraction of sp³-hybridized carbons (Fsp3) is 0.750. The lowest BCUT2D eigenvalue weighted by molar-refractivity contribution is -0.127. The summed E-state index contributed by atoms with van der Waals surface area (Å²) in [7, 11) is 1.66. The summed E-state index contributed by atoms with van der Waals surface area (Å²) < 4.78 is 16.0. The van der Waals surface area contributed by atoms with Crippen molar-refractivity contribution in [2.45, 2.75) is 37.2 Å². The van der Waals surface area contributed by atoms with E-state index in [9.17, 15) is 4.79 Å². The van der Waals surface area contributed by atoms with Crippen molar-refractivity contribution in [1.82, 2.24) is 10.1 Å². The minimum atomic E-state index is -0.408. The first-order valence-electron chi connectivity index (χ1n) is 6.25. The molecule has 0 spiro atoms. The van der Waals surface area contributed by atoms with Crippen LogP contribution < -0.4 is 0 Å². The largest absolute Gasteiger partial charge is 0.380 e. The number of aromatic nitrogens is 2. The zero-order valence-corrected chi connectivity index (χ0v) is 10.3. The quantitative estimate of drug-likeness (QED) is 0.803. The van der Waals surface area contributed by atoms with Crippen molar-refractivity contribution < 1.29 is 18.8 Å². The number of rotatable bonds is 3. The second-order valence-electron chi connectivity index (χ2n) is 4.85. The summed E-state index contributed by atoms with van der Waals surface area (Å²) in [5.41, 5.74) is -0.402. The predicted octanol–water partition coefficient (Wildman–Crippen LogP) is 1.17. The molecule has 0 N–H and O–H groups in total. The molecule has 1 aliphatic heterocycles. The van der Waals surface area contributed by atoms with E-state index >= 15 is 0 Å². The highest BCUT2D eigenvalue weighted by molar-refractivity contribution is 5.85. The summed E-state index contributed by atoms with van der Waals surface area (Å²) in [4.78, 5) is 16.1. The standard InChI is InChI=1S/C12H16N2O4/c1-16-12(4-2-5-12)11-13-10(18-14-11)8-7-17-6-3-9(8)15/h8H,2-7H2,1H3. The van der Waals surface area contributed by atoms with E-state index in [1.54, 1.807) is 7.11 Å². The Kier molecular flexibility index (Phi) is 2.91. The van der Waals surface area contributed by atoms with Gasteiger partial charge in [-0.05, 0) is 19.3 Å². The molecule has 98 valence electrons. The van der Waals surface area contributed by atoms with Crippen LogP contribution >= 0.6 is 0 Å². The minimum absolute atomic E-state index is 0.108. The molecule has 1 unspecified atom stereocenters. The van der Waals surface area contributed by atoms with Gasteiger partial charge in [-0.25, -0.2) is 0 Å². The average Bonchev–Trinajstić information content (AvgIpc) is 2.79. The molecule has 1 saturated heterocycles. The van der Waals surface area contributed by atoms with Gasteiger partial charge in [0.05, 0.1) is 13.2 Å². The first-order valence-corrected chi connectivity index (χ1v) is 6.25. The lowest BCUT2D eigenvalue weighted by Gasteiger charge is -2.37. The van der Waals surface area contributed by atoms with E-state index in [1.807, 2.05) is 0 Å². The summed E-state index contributed by atoms with van der Waals surface area (Å²) in [5, 5.41) is 3.97. The number of ketones is 1. The van der Waals surface area contributed by atoms with Gasteiger partial charge in [0.1, 0.15) is 17.3 Å². The maximum Gasteiger partial charge on any atom is 0.239 e. The van der Waals surface area contributed by atoms with Crippen molar-refractivity contribution in [1.29, 1.82) is 0 Å². The van der Waals surface area contributed by atoms with Gasteiger partial charge in [-0.3, -0.25) is 4.79 Å². The average molecular weight is 252 g/mol. The SMILES string of the molecule is COC1(c2noc(C3COCCC3=O)n2)CCC1. The Balaban J connectivity index is 1.82. The summed E-state index contributed by atoms with van der Waals surface area (Å²) in [6, 6.07) is 0. The summed E-state index contributed by atoms with van der Waals surface area (Å²) in [6.45, 7) is 0.818. The summed E-state index contributed by atoms with van der Waals surface area (Å²) >= 11 is 0. The van der Waals surface area contributed by atoms with Crippen LogP contribution in [-0.2, 0) is 19.9 Å². The lowest BCUT2D eigenvalue weighted by atomic mass is 9.79. The van der Waals surface area contributed by atoms with Gasteiger partial charge in [0.25, 0.3) is 0 Å². The van der Waals surface area contributed by atoms with E-state index in [1.165, 1.54) is 0 Å². The molecular weight excluding hydrogens is 236 g/mol. The van der Waals surface area contributed by atoms with Gasteiger partial charge in [0.2, 0.25) is 11.7 Å². The van der Waals surface area contributed by atoms with E-state index in [2.05, 4.69) is 10.1 Å². The Morgan fingerprint density at radius 3 is 2.89 bits per heavy atom. The molecule has 1 saturated carbocycles. The Labute approximate surface area is 105 Å². The number of hydrogen-bond acceptors (Lipinski definition) is 6. The van der Waals surface area contributed by atoms with Crippen molar-refractivity contribution in [3.8, 4) is 0 Å². The molecule has 2 aliphatic rings. The molecule has 1 atom stereocenters. The first kappa shape index (κ1) is 11.8. The molecule has 1 aliphatic carbocycles. The van der Waals surface area contributed by atoms with Crippen LogP contribution in [0.3, 0.4) is 0 Å². The van der Waals surface area contributed by atoms with Crippen LogP contribution in [0.1, 0.15) is 43.3 Å². The van der Waals surface area contributed by atoms with Crippen molar-refractivity contribution in [2.75, 3.05) is 20.3 Å². The highest BCUT2D eigenvalue weighted by atomic mass is 16.5. The van der Waals surface area contributed by atoms with E-state index in [0.29, 0.717) is 31.3 Å². The topological polar surface area (TPSA) is 74.5 Å². The van der Waals surface area contributed by atoms with Gasteiger partial charge in [0.15, 0.2) is 0 Å². The predicted molar refractivity (Wildman–Crippen MR) is 60.0 cm³/mol. The third kappa shape index (κ3) is 1.76. The molecule has 18 heavy (non-hydrogen) atoms. The van der Waals surface area contributed by atoms with Crippen molar-refractivity contribution in [2.24, 2.45) is 0 Å². The van der Waals surface area contributed by atoms with E-state index in [4.69, 9.17) is 14.0 Å². The Bertz CT molecular complexity index is 447. The highest BCUT2D eigenvalue weighted by Gasteiger charge is 2.44. The van der Waals surface area contributed by atoms with Crippen molar-refractivity contribution in [3.63, 3.8) is 0 Å². The van der Waals surface area contributed by atoms with Gasteiger partial charge in [-0.2, -0.15) is 4.98 Å². The van der Waals surface area contributed by atoms with Crippen LogP contribution in [0.15, 0.2) is 4.52 Å². The number of hydrogen-bond donors (Lipinski definition) is 0. The third-order valence-corrected chi connectivity index (χ3v) is 3.87. The number of ether oxygens (including phenoxy) is 2. The third-order valence-electron chi connectivity index (χ3n) is 3.87. The smallest absolute Gasteiger partial charge is 0.239 e. The van der Waals surface area contributed by atoms with Crippen LogP contribution in [0, 0.1) is 0 Å². The molecule has 0 aromatic carbocycles. The zero-order chi connectivity index (χ0) is 12.6. The fourth-order valence-electron chi connectivity index (χ4n) is 2.43. The van der Waals surface area contributed by atoms with Crippen molar-refractivity contribution >= 4 is 5.78 Å². The second kappa shape index (κ2) is 4.44. The molecule has 6 nitrogen and oxygen atoms in total. The molecular formula is C12H16N2O4. The number of methoxy groups -OCH3 is 1. The number of Topliss-reactive ketones (excluding diaryl/α,β-unsaturated/α-hetero) is 1. The monoisotopic (exact) mass is 252 g/mol. The van der Waals surface area contributed by atoms with E-state index in [-0.39, 0.29) is 5.78 Å². The molecule has 1 aromatic rings. The normalized spacial score (nSPS) is 26.9. The maximum absolute atomic E-state index is 11.8. The first-order chi connectivity index (χ1) is 8.75. The minimum Gasteiger partial charge on any atom is -0.380 e. The molecule has 0 amide bonds. The second-order valence-corrected chi connectivity index (χ2v) is 4.85. The molecule has 1 aromatic heterocycles. The fourth-order valence-corrected chi connectivity index (χ4v) is 2.43. The van der Waals surface area contributed by atoms with Gasteiger partial charge in [-0.1, -0.05) is 5.16 Å². The Morgan fingerprint density at radius 1 is 1.44 bits per heavy atom. The lowest BCUT2D eigenvalue weighted by Crippen LogP contribution is -2.37. The number of carbonyl (C=O) groups is 1. The zero-order valence-electron chi connectivity index (χ0n) is 10.3. The molecule has 0 bridgehead atoms. The summed E-state index contributed by atoms with van der Waals surface area (Å²) in [5.74, 6) is 0.619. The van der Waals surface area contributed by atoms with Crippen LogP contribution in [0.2, 0.25) is 0 Å². The Hall–Kier alpha value is -1.27. The van der Waals surface area contributed by atoms with Crippen LogP contribution in [0.4, 0.5) is 0 Å². The van der Waals surface area contributed by atoms with Gasteiger partial charge in [-0.15, -0.1) is 0 Å². The van der Waals surface area contributed by atoms with Gasteiger partial charge >= 0.3 is 0 Å². The van der Waals surface area contributed by atoms with Gasteiger partial charge in [0, 0.05) is 13.5 Å². The summed E-state index contributed by atoms with van der Waals surface area (Å²) in [6.07, 6.45) is 3.32. The molecule has 6 heteroatoms. The molecule has 0 radical (unpaired) electrons. The van der Waals surface area contributed by atoms with Gasteiger partial charge < -0.3 is 14.0 Å². The van der Waals surface area contributed by atoms with Crippen LogP contribution in [0.5, 0.6) is 0 Å². The highest BCUT2D eigenvalue weighted by Crippen LogP contribution is 2.43. The molecule has 2 fully saturated rings. The number of carbonyl (C=O) groups excluding carboxylic acids is 1. The van der Waals surface area contributed by atoms with E-state index in [0.717, 1.165) is 19.3 Å².